The van der Waals surface area contributed by atoms with Gasteiger partial charge in [-0.15, -0.1) is 11.8 Å². The number of hydrogen-bond donors (Lipinski definition) is 2. The smallest absolute Gasteiger partial charge is 0.270 e. The number of methoxy groups -OCH3 is 2. The van der Waals surface area contributed by atoms with Crippen LogP contribution < -0.4 is 20.1 Å². The van der Waals surface area contributed by atoms with E-state index in [0.29, 0.717) is 22.9 Å². The topological polar surface area (TPSA) is 120 Å². The van der Waals surface area contributed by atoms with E-state index in [1.54, 1.807) is 56.7 Å². The lowest BCUT2D eigenvalue weighted by atomic mass is 10.1. The van der Waals surface area contributed by atoms with Crippen molar-refractivity contribution in [2.45, 2.75) is 10.1 Å². The summed E-state index contributed by atoms with van der Waals surface area (Å²) in [6, 6.07) is 27.1. The van der Waals surface area contributed by atoms with Crippen molar-refractivity contribution in [1.82, 2.24) is 0 Å². The summed E-state index contributed by atoms with van der Waals surface area (Å²) in [5.74, 6) is 0.409. The molecule has 1 atom stereocenters. The minimum absolute atomic E-state index is 0.160. The molecule has 39 heavy (non-hydrogen) atoms. The molecule has 9 nitrogen and oxygen atoms in total. The Balaban J connectivity index is 1.50. The van der Waals surface area contributed by atoms with Gasteiger partial charge in [0.05, 0.1) is 19.1 Å². The minimum Gasteiger partial charge on any atom is -0.497 e. The Labute approximate surface area is 229 Å². The number of nitro benzene ring substituents is 1. The molecule has 0 aromatic heterocycles. The highest BCUT2D eigenvalue weighted by Gasteiger charge is 2.23. The summed E-state index contributed by atoms with van der Waals surface area (Å²) < 4.78 is 10.6. The predicted octanol–water partition coefficient (Wildman–Crippen LogP) is 6.34. The van der Waals surface area contributed by atoms with Crippen molar-refractivity contribution in [1.29, 1.82) is 0 Å². The fourth-order valence-electron chi connectivity index (χ4n) is 3.71. The fourth-order valence-corrected chi connectivity index (χ4v) is 4.73. The molecule has 0 spiro atoms. The highest BCUT2D eigenvalue weighted by atomic mass is 32.2. The number of amides is 2. The minimum atomic E-state index is -0.575. The fraction of sp³-hybridized carbons (Fsp3) is 0.103. The van der Waals surface area contributed by atoms with Gasteiger partial charge in [-0.2, -0.15) is 0 Å². The van der Waals surface area contributed by atoms with Crippen LogP contribution in [0.15, 0.2) is 102 Å². The third kappa shape index (κ3) is 7.14. The number of nitrogens with one attached hydrogen (secondary N) is 2. The molecule has 0 aliphatic rings. The largest absolute Gasteiger partial charge is 0.497 e. The lowest BCUT2D eigenvalue weighted by Crippen LogP contribution is -2.19. The lowest BCUT2D eigenvalue weighted by molar-refractivity contribution is -0.384. The van der Waals surface area contributed by atoms with Gasteiger partial charge in [-0.3, -0.25) is 19.7 Å². The number of nitro groups is 1. The first-order valence-electron chi connectivity index (χ1n) is 11.8. The van der Waals surface area contributed by atoms with Gasteiger partial charge in [0.15, 0.2) is 0 Å². The summed E-state index contributed by atoms with van der Waals surface area (Å²) >= 11 is 1.36. The van der Waals surface area contributed by atoms with E-state index in [1.807, 2.05) is 30.3 Å². The summed E-state index contributed by atoms with van der Waals surface area (Å²) in [7, 11) is 3.08. The van der Waals surface area contributed by atoms with Gasteiger partial charge in [0, 0.05) is 52.2 Å². The zero-order valence-corrected chi connectivity index (χ0v) is 21.9. The van der Waals surface area contributed by atoms with E-state index >= 15 is 0 Å². The van der Waals surface area contributed by atoms with E-state index in [9.17, 15) is 19.7 Å². The molecule has 198 valence electrons. The van der Waals surface area contributed by atoms with Crippen LogP contribution in [0.1, 0.15) is 21.2 Å². The second kappa shape index (κ2) is 12.6. The lowest BCUT2D eigenvalue weighted by Gasteiger charge is -2.18. The standard InChI is InChI=1S/C29H25N3O6S/c1-37-24-16-22(17-25(18-24)38-2)31-29(34)27(19-7-4-3-5-8-19)39-26-13-11-21(12-14-26)30-28(33)20-9-6-10-23(15-20)32(35)36/h3-18,27H,1-2H3,(H,30,33)(H,31,34). The van der Waals surface area contributed by atoms with Gasteiger partial charge in [0.25, 0.3) is 11.6 Å². The number of thioether (sulfide) groups is 1. The quantitative estimate of drug-likeness (QED) is 0.136. The maximum absolute atomic E-state index is 13.4. The van der Waals surface area contributed by atoms with Crippen LogP contribution in [0.5, 0.6) is 11.5 Å². The van der Waals surface area contributed by atoms with Gasteiger partial charge in [-0.05, 0) is 35.9 Å². The first-order valence-corrected chi connectivity index (χ1v) is 12.7. The SMILES string of the molecule is COc1cc(NC(=O)C(Sc2ccc(NC(=O)c3cccc([N+](=O)[O-])c3)cc2)c2ccccc2)cc(OC)c1. The van der Waals surface area contributed by atoms with Crippen LogP contribution in [0.2, 0.25) is 0 Å². The molecule has 2 N–H and O–H groups in total. The Morgan fingerprint density at radius 1 is 0.795 bits per heavy atom. The van der Waals surface area contributed by atoms with Crippen LogP contribution in [0.25, 0.3) is 0 Å². The van der Waals surface area contributed by atoms with Gasteiger partial charge in [-0.25, -0.2) is 0 Å². The normalized spacial score (nSPS) is 11.2. The van der Waals surface area contributed by atoms with E-state index in [2.05, 4.69) is 10.6 Å². The molecular weight excluding hydrogens is 518 g/mol. The summed E-state index contributed by atoms with van der Waals surface area (Å²) in [5, 5.41) is 16.1. The number of nitrogens with zero attached hydrogens (tertiary/aromatic N) is 1. The van der Waals surface area contributed by atoms with E-state index in [-0.39, 0.29) is 17.2 Å². The number of benzene rings is 4. The maximum atomic E-state index is 13.4. The molecule has 0 radical (unpaired) electrons. The summed E-state index contributed by atoms with van der Waals surface area (Å²) in [6.45, 7) is 0. The van der Waals surface area contributed by atoms with Crippen LogP contribution in [-0.2, 0) is 4.79 Å². The van der Waals surface area contributed by atoms with E-state index < -0.39 is 16.1 Å². The van der Waals surface area contributed by atoms with Crippen molar-refractivity contribution in [2.75, 3.05) is 24.9 Å². The first kappa shape index (κ1) is 27.2. The molecular formula is C29H25N3O6S. The zero-order valence-electron chi connectivity index (χ0n) is 21.1. The molecule has 0 fully saturated rings. The van der Waals surface area contributed by atoms with Crippen LogP contribution in [0.3, 0.4) is 0 Å². The highest BCUT2D eigenvalue weighted by molar-refractivity contribution is 8.00. The average molecular weight is 544 g/mol. The molecule has 2 amide bonds. The third-order valence-corrected chi connectivity index (χ3v) is 6.91. The molecule has 0 bridgehead atoms. The predicted molar refractivity (Wildman–Crippen MR) is 151 cm³/mol. The third-order valence-electron chi connectivity index (χ3n) is 5.64. The molecule has 4 aromatic carbocycles. The Kier molecular flexibility index (Phi) is 8.80. The van der Waals surface area contributed by atoms with Crippen LogP contribution in [0, 0.1) is 10.1 Å². The number of hydrogen-bond acceptors (Lipinski definition) is 7. The Morgan fingerprint density at radius 2 is 1.46 bits per heavy atom. The first-order chi connectivity index (χ1) is 18.9. The van der Waals surface area contributed by atoms with E-state index in [4.69, 9.17) is 9.47 Å². The van der Waals surface area contributed by atoms with Gasteiger partial charge >= 0.3 is 0 Å². The highest BCUT2D eigenvalue weighted by Crippen LogP contribution is 2.37. The molecule has 0 saturated heterocycles. The van der Waals surface area contributed by atoms with Gasteiger partial charge in [0.1, 0.15) is 16.7 Å². The number of rotatable bonds is 10. The molecule has 0 aliphatic heterocycles. The van der Waals surface area contributed by atoms with Crippen LogP contribution >= 0.6 is 11.8 Å². The van der Waals surface area contributed by atoms with Crippen molar-refractivity contribution < 1.29 is 24.0 Å². The maximum Gasteiger partial charge on any atom is 0.270 e. The summed E-state index contributed by atoms with van der Waals surface area (Å²) in [6.07, 6.45) is 0. The van der Waals surface area contributed by atoms with Crippen molar-refractivity contribution in [2.24, 2.45) is 0 Å². The Hall–Kier alpha value is -4.83. The Bertz CT molecular complexity index is 1460. The van der Waals surface area contributed by atoms with Gasteiger partial charge in [-0.1, -0.05) is 36.4 Å². The van der Waals surface area contributed by atoms with Crippen molar-refractivity contribution in [3.8, 4) is 11.5 Å². The number of anilines is 2. The van der Waals surface area contributed by atoms with Crippen molar-refractivity contribution in [3.05, 3.63) is 118 Å². The van der Waals surface area contributed by atoms with Gasteiger partial charge in [0.2, 0.25) is 5.91 Å². The van der Waals surface area contributed by atoms with Crippen LogP contribution in [0.4, 0.5) is 17.1 Å². The number of non-ortho nitro benzene ring substituents is 1. The van der Waals surface area contributed by atoms with Crippen LogP contribution in [-0.4, -0.2) is 31.0 Å². The van der Waals surface area contributed by atoms with E-state index in [1.165, 1.54) is 36.0 Å². The summed E-state index contributed by atoms with van der Waals surface area (Å²) in [5.41, 5.74) is 1.89. The molecule has 0 saturated carbocycles. The molecule has 10 heteroatoms. The molecule has 4 aromatic rings. The average Bonchev–Trinajstić information content (AvgIpc) is 2.96. The molecule has 4 rings (SSSR count). The molecule has 0 aliphatic carbocycles. The summed E-state index contributed by atoms with van der Waals surface area (Å²) in [4.78, 5) is 37.3. The number of carbonyl (C=O) groups is 2. The number of carbonyl (C=O) groups excluding carboxylic acids is 2. The molecule has 1 unspecified atom stereocenters. The van der Waals surface area contributed by atoms with E-state index in [0.717, 1.165) is 10.5 Å². The Morgan fingerprint density at radius 3 is 2.08 bits per heavy atom. The zero-order chi connectivity index (χ0) is 27.8. The monoisotopic (exact) mass is 543 g/mol. The second-order valence-corrected chi connectivity index (χ2v) is 9.46. The van der Waals surface area contributed by atoms with Crippen molar-refractivity contribution >= 4 is 40.6 Å². The number of ether oxygens (including phenoxy) is 2. The second-order valence-electron chi connectivity index (χ2n) is 8.29. The van der Waals surface area contributed by atoms with Gasteiger partial charge < -0.3 is 20.1 Å². The van der Waals surface area contributed by atoms with Crippen molar-refractivity contribution in [3.63, 3.8) is 0 Å². The molecule has 0 heterocycles.